The van der Waals surface area contributed by atoms with E-state index in [4.69, 9.17) is 37.8 Å². The Kier molecular flexibility index (Phi) is 6.85. The first kappa shape index (κ1) is 18.5. The Morgan fingerprint density at radius 1 is 1.04 bits per heavy atom. The van der Waals surface area contributed by atoms with Crippen molar-refractivity contribution >= 4 is 28.9 Å². The molecule has 0 heterocycles. The van der Waals surface area contributed by atoms with Crippen LogP contribution in [0.1, 0.15) is 12.5 Å². The first-order valence-corrected chi connectivity index (χ1v) is 8.22. The van der Waals surface area contributed by atoms with Crippen LogP contribution in [0, 0.1) is 0 Å². The summed E-state index contributed by atoms with van der Waals surface area (Å²) in [6.07, 6.45) is 0. The fraction of sp³-hybridized carbons (Fsp3) is 0.294. The molecule has 2 aromatic carbocycles. The molecule has 0 aliphatic heterocycles. The van der Waals surface area contributed by atoms with E-state index in [1.807, 2.05) is 19.1 Å². The van der Waals surface area contributed by atoms with Crippen molar-refractivity contribution in [3.8, 4) is 17.2 Å². The van der Waals surface area contributed by atoms with Crippen molar-refractivity contribution in [3.05, 3.63) is 45.9 Å². The third-order valence-electron chi connectivity index (χ3n) is 3.17. The molecule has 0 amide bonds. The lowest BCUT2D eigenvalue weighted by molar-refractivity contribution is 0.194. The zero-order valence-corrected chi connectivity index (χ0v) is 14.7. The monoisotopic (exact) mass is 371 g/mol. The summed E-state index contributed by atoms with van der Waals surface area (Å²) in [4.78, 5) is 0. The van der Waals surface area contributed by atoms with Crippen LogP contribution in [0.4, 0.5) is 5.69 Å². The molecular formula is C17H19Cl2NO4. The number of aliphatic hydroxyl groups excluding tert-OH is 1. The molecule has 0 aliphatic rings. The second-order valence-electron chi connectivity index (χ2n) is 4.93. The summed E-state index contributed by atoms with van der Waals surface area (Å²) in [6, 6.07) is 8.77. The largest absolute Gasteiger partial charge is 0.505 e. The number of halogens is 2. The number of ether oxygens (including phenoxy) is 2. The molecule has 130 valence electrons. The van der Waals surface area contributed by atoms with E-state index in [2.05, 4.69) is 5.32 Å². The highest BCUT2D eigenvalue weighted by atomic mass is 35.5. The number of hydrogen-bond acceptors (Lipinski definition) is 5. The first-order valence-electron chi connectivity index (χ1n) is 7.46. The third-order valence-corrected chi connectivity index (χ3v) is 3.75. The lowest BCUT2D eigenvalue weighted by Crippen LogP contribution is -2.05. The van der Waals surface area contributed by atoms with Gasteiger partial charge < -0.3 is 25.0 Å². The van der Waals surface area contributed by atoms with E-state index in [-0.39, 0.29) is 29.0 Å². The van der Waals surface area contributed by atoms with Crippen molar-refractivity contribution in [1.82, 2.24) is 0 Å². The zero-order valence-electron chi connectivity index (χ0n) is 13.2. The highest BCUT2D eigenvalue weighted by molar-refractivity contribution is 6.37. The molecule has 2 aromatic rings. The standard InChI is InChI=1S/C17H19Cl2NO4/c1-2-23-16-7-11(3-4-15(16)24-6-5-21)10-20-12-8-13(18)17(22)14(19)9-12/h3-4,7-9,20-22H,2,5-6,10H2,1H3. The molecule has 0 aliphatic carbocycles. The van der Waals surface area contributed by atoms with Crippen LogP contribution in [-0.2, 0) is 6.54 Å². The number of benzene rings is 2. The minimum atomic E-state index is -0.132. The molecular weight excluding hydrogens is 353 g/mol. The third kappa shape index (κ3) is 4.84. The van der Waals surface area contributed by atoms with Gasteiger partial charge in [0.05, 0.1) is 23.3 Å². The van der Waals surface area contributed by atoms with Gasteiger partial charge in [-0.05, 0) is 36.8 Å². The Hall–Kier alpha value is -1.82. The van der Waals surface area contributed by atoms with Gasteiger partial charge in [0.2, 0.25) is 0 Å². The number of rotatable bonds is 8. The molecule has 5 nitrogen and oxygen atoms in total. The maximum absolute atomic E-state index is 9.57. The first-order chi connectivity index (χ1) is 11.5. The normalized spacial score (nSPS) is 10.5. The van der Waals surface area contributed by atoms with Gasteiger partial charge in [-0.15, -0.1) is 0 Å². The molecule has 0 aromatic heterocycles. The van der Waals surface area contributed by atoms with Gasteiger partial charge >= 0.3 is 0 Å². The van der Waals surface area contributed by atoms with E-state index in [0.29, 0.717) is 30.3 Å². The van der Waals surface area contributed by atoms with E-state index in [1.165, 1.54) is 0 Å². The SMILES string of the molecule is CCOc1cc(CNc2cc(Cl)c(O)c(Cl)c2)ccc1OCCO. The molecule has 0 saturated carbocycles. The van der Waals surface area contributed by atoms with Crippen LogP contribution in [0.5, 0.6) is 17.2 Å². The zero-order chi connectivity index (χ0) is 17.5. The highest BCUT2D eigenvalue weighted by Gasteiger charge is 2.09. The van der Waals surface area contributed by atoms with E-state index in [1.54, 1.807) is 18.2 Å². The average molecular weight is 372 g/mol. The average Bonchev–Trinajstić information content (AvgIpc) is 2.57. The van der Waals surface area contributed by atoms with E-state index < -0.39 is 0 Å². The van der Waals surface area contributed by atoms with Crippen molar-refractivity contribution in [2.75, 3.05) is 25.1 Å². The fourth-order valence-electron chi connectivity index (χ4n) is 2.08. The number of aliphatic hydroxyl groups is 1. The molecule has 0 fully saturated rings. The Morgan fingerprint density at radius 2 is 1.75 bits per heavy atom. The topological polar surface area (TPSA) is 71.0 Å². The summed E-state index contributed by atoms with van der Waals surface area (Å²) in [5.41, 5.74) is 1.66. The van der Waals surface area contributed by atoms with Crippen LogP contribution < -0.4 is 14.8 Å². The maximum Gasteiger partial charge on any atom is 0.161 e. The summed E-state index contributed by atoms with van der Waals surface area (Å²) in [5, 5.41) is 22.0. The summed E-state index contributed by atoms with van der Waals surface area (Å²) in [7, 11) is 0. The van der Waals surface area contributed by atoms with Gasteiger partial charge in [-0.1, -0.05) is 29.3 Å². The lowest BCUT2D eigenvalue weighted by Gasteiger charge is -2.14. The number of anilines is 1. The molecule has 7 heteroatoms. The van der Waals surface area contributed by atoms with Crippen molar-refractivity contribution in [3.63, 3.8) is 0 Å². The van der Waals surface area contributed by atoms with Gasteiger partial charge in [0.1, 0.15) is 6.61 Å². The van der Waals surface area contributed by atoms with Crippen LogP contribution in [0.2, 0.25) is 10.0 Å². The van der Waals surface area contributed by atoms with E-state index >= 15 is 0 Å². The molecule has 3 N–H and O–H groups in total. The number of aromatic hydroxyl groups is 1. The predicted octanol–water partition coefficient (Wildman–Crippen LogP) is 4.08. The summed E-state index contributed by atoms with van der Waals surface area (Å²) in [6.45, 7) is 3.06. The van der Waals surface area contributed by atoms with E-state index in [9.17, 15) is 5.11 Å². The van der Waals surface area contributed by atoms with Crippen molar-refractivity contribution in [2.24, 2.45) is 0 Å². The lowest BCUT2D eigenvalue weighted by atomic mass is 10.2. The second kappa shape index (κ2) is 8.87. The molecule has 0 spiro atoms. The number of phenols is 1. The quantitative estimate of drug-likeness (QED) is 0.609. The number of hydrogen-bond donors (Lipinski definition) is 3. The highest BCUT2D eigenvalue weighted by Crippen LogP contribution is 2.35. The molecule has 0 radical (unpaired) electrons. The molecule has 0 atom stereocenters. The molecule has 0 unspecified atom stereocenters. The fourth-order valence-corrected chi connectivity index (χ4v) is 2.56. The van der Waals surface area contributed by atoms with Crippen LogP contribution in [0.15, 0.2) is 30.3 Å². The Labute approximate surface area is 150 Å². The molecule has 0 bridgehead atoms. The second-order valence-corrected chi connectivity index (χ2v) is 5.74. The van der Waals surface area contributed by atoms with Crippen molar-refractivity contribution in [1.29, 1.82) is 0 Å². The van der Waals surface area contributed by atoms with Crippen molar-refractivity contribution in [2.45, 2.75) is 13.5 Å². The van der Waals surface area contributed by atoms with Gasteiger partial charge in [0.15, 0.2) is 17.2 Å². The van der Waals surface area contributed by atoms with Gasteiger partial charge in [0, 0.05) is 12.2 Å². The molecule has 24 heavy (non-hydrogen) atoms. The molecule has 2 rings (SSSR count). The van der Waals surface area contributed by atoms with Gasteiger partial charge in [-0.3, -0.25) is 0 Å². The minimum Gasteiger partial charge on any atom is -0.505 e. The summed E-state index contributed by atoms with van der Waals surface area (Å²) in [5.74, 6) is 1.07. The predicted molar refractivity (Wildman–Crippen MR) is 95.6 cm³/mol. The van der Waals surface area contributed by atoms with Gasteiger partial charge in [-0.25, -0.2) is 0 Å². The van der Waals surface area contributed by atoms with Crippen LogP contribution in [0.3, 0.4) is 0 Å². The van der Waals surface area contributed by atoms with Crippen LogP contribution >= 0.6 is 23.2 Å². The Balaban J connectivity index is 2.10. The Morgan fingerprint density at radius 3 is 2.38 bits per heavy atom. The minimum absolute atomic E-state index is 0.0583. The van der Waals surface area contributed by atoms with Crippen LogP contribution in [-0.4, -0.2) is 30.0 Å². The summed E-state index contributed by atoms with van der Waals surface area (Å²) >= 11 is 11.8. The van der Waals surface area contributed by atoms with Gasteiger partial charge in [-0.2, -0.15) is 0 Å². The molecule has 0 saturated heterocycles. The number of nitrogens with one attached hydrogen (secondary N) is 1. The Bertz CT molecular complexity index is 671. The smallest absolute Gasteiger partial charge is 0.161 e. The van der Waals surface area contributed by atoms with Crippen LogP contribution in [0.25, 0.3) is 0 Å². The summed E-state index contributed by atoms with van der Waals surface area (Å²) < 4.78 is 11.0. The van der Waals surface area contributed by atoms with Crippen molar-refractivity contribution < 1.29 is 19.7 Å². The van der Waals surface area contributed by atoms with Gasteiger partial charge in [0.25, 0.3) is 0 Å². The maximum atomic E-state index is 9.57. The number of phenolic OH excluding ortho intramolecular Hbond substituents is 1. The van der Waals surface area contributed by atoms with E-state index in [0.717, 1.165) is 5.56 Å².